The van der Waals surface area contributed by atoms with Gasteiger partial charge in [0.2, 0.25) is 5.91 Å². The van der Waals surface area contributed by atoms with Gasteiger partial charge in [-0.05, 0) is 30.5 Å². The second kappa shape index (κ2) is 6.92. The fourth-order valence-corrected chi connectivity index (χ4v) is 4.53. The molecule has 6 heteroatoms. The van der Waals surface area contributed by atoms with Crippen molar-refractivity contribution in [3.8, 4) is 5.75 Å². The molecule has 28 heavy (non-hydrogen) atoms. The highest BCUT2D eigenvalue weighted by atomic mass is 16.6. The number of likely N-dealkylation sites (tertiary alicyclic amines) is 1. The van der Waals surface area contributed by atoms with Crippen LogP contribution in [-0.2, 0) is 19.1 Å². The van der Waals surface area contributed by atoms with Crippen LogP contribution >= 0.6 is 0 Å². The molecular weight excluding hydrogens is 358 g/mol. The van der Waals surface area contributed by atoms with E-state index in [1.54, 1.807) is 7.11 Å². The van der Waals surface area contributed by atoms with Crippen LogP contribution in [0.5, 0.6) is 5.75 Å². The minimum Gasteiger partial charge on any atom is -0.497 e. The van der Waals surface area contributed by atoms with E-state index in [0.717, 1.165) is 11.3 Å². The van der Waals surface area contributed by atoms with Crippen LogP contribution in [0, 0.1) is 17.8 Å². The highest BCUT2D eigenvalue weighted by Gasteiger charge is 2.67. The summed E-state index contributed by atoms with van der Waals surface area (Å²) in [5.41, 5.74) is 0.298. The minimum atomic E-state index is -0.718. The van der Waals surface area contributed by atoms with Crippen molar-refractivity contribution in [3.05, 3.63) is 42.0 Å². The number of ether oxygens (including phenoxy) is 3. The van der Waals surface area contributed by atoms with Crippen molar-refractivity contribution >= 4 is 11.9 Å². The molecule has 4 rings (SSSR count). The van der Waals surface area contributed by atoms with Gasteiger partial charge in [-0.25, -0.2) is 0 Å². The van der Waals surface area contributed by atoms with Gasteiger partial charge >= 0.3 is 5.97 Å². The van der Waals surface area contributed by atoms with E-state index >= 15 is 0 Å². The highest BCUT2D eigenvalue weighted by Crippen LogP contribution is 2.53. The van der Waals surface area contributed by atoms with Crippen LogP contribution in [-0.4, -0.2) is 48.7 Å². The molecule has 2 fully saturated rings. The largest absolute Gasteiger partial charge is 0.497 e. The standard InChI is InChI=1S/C22H27NO5/c1-13(2)11-27-21(25)18-17-9-10-22(28-17)12-23(20(24)19(18)22)14(3)15-5-7-16(26-4)8-6-15/h5-10,13-14,17-19H,11-12H2,1-4H3/t14-,17-,18+,19+,22-/m1/s1. The van der Waals surface area contributed by atoms with E-state index in [1.165, 1.54) is 0 Å². The minimum absolute atomic E-state index is 0.0401. The van der Waals surface area contributed by atoms with Gasteiger partial charge in [0.15, 0.2) is 0 Å². The molecule has 5 atom stereocenters. The first kappa shape index (κ1) is 19.0. The van der Waals surface area contributed by atoms with Crippen molar-refractivity contribution in [2.45, 2.75) is 38.5 Å². The summed E-state index contributed by atoms with van der Waals surface area (Å²) < 4.78 is 16.8. The van der Waals surface area contributed by atoms with E-state index in [9.17, 15) is 9.59 Å². The van der Waals surface area contributed by atoms with Crippen LogP contribution in [0.25, 0.3) is 0 Å². The number of hydrogen-bond acceptors (Lipinski definition) is 5. The molecule has 3 heterocycles. The van der Waals surface area contributed by atoms with Crippen LogP contribution < -0.4 is 4.74 Å². The number of carbonyl (C=O) groups is 2. The van der Waals surface area contributed by atoms with Crippen LogP contribution in [0.1, 0.15) is 32.4 Å². The molecule has 3 aliphatic heterocycles. The molecule has 2 saturated heterocycles. The summed E-state index contributed by atoms with van der Waals surface area (Å²) in [6.07, 6.45) is 3.51. The average Bonchev–Trinajstić information content (AvgIpc) is 3.34. The van der Waals surface area contributed by atoms with Crippen LogP contribution in [0.2, 0.25) is 0 Å². The Morgan fingerprint density at radius 3 is 2.64 bits per heavy atom. The smallest absolute Gasteiger partial charge is 0.312 e. The maximum atomic E-state index is 13.3. The molecule has 6 nitrogen and oxygen atoms in total. The summed E-state index contributed by atoms with van der Waals surface area (Å²) >= 11 is 0. The lowest BCUT2D eigenvalue weighted by molar-refractivity contribution is -0.155. The number of hydrogen-bond donors (Lipinski definition) is 0. The highest BCUT2D eigenvalue weighted by molar-refractivity contribution is 5.91. The third-order valence-corrected chi connectivity index (χ3v) is 6.03. The van der Waals surface area contributed by atoms with Gasteiger partial charge in [0.05, 0.1) is 38.3 Å². The van der Waals surface area contributed by atoms with Crippen molar-refractivity contribution < 1.29 is 23.8 Å². The Kier molecular flexibility index (Phi) is 4.70. The maximum absolute atomic E-state index is 13.3. The quantitative estimate of drug-likeness (QED) is 0.557. The molecule has 0 unspecified atom stereocenters. The lowest BCUT2D eigenvalue weighted by Gasteiger charge is -2.27. The average molecular weight is 385 g/mol. The Morgan fingerprint density at radius 2 is 2.00 bits per heavy atom. The molecule has 1 aromatic carbocycles. The van der Waals surface area contributed by atoms with Crippen LogP contribution in [0.15, 0.2) is 36.4 Å². The SMILES string of the molecule is COc1ccc([C@@H](C)N2C[C@@]34C=C[C@@H](O3)[C@H](C(=O)OCC(C)C)[C@H]4C2=O)cc1. The molecule has 0 radical (unpaired) electrons. The van der Waals surface area contributed by atoms with Crippen molar-refractivity contribution in [1.82, 2.24) is 4.90 Å². The van der Waals surface area contributed by atoms with Crippen molar-refractivity contribution in [1.29, 1.82) is 0 Å². The molecule has 1 aromatic rings. The van der Waals surface area contributed by atoms with Gasteiger partial charge in [-0.15, -0.1) is 0 Å². The van der Waals surface area contributed by atoms with Crippen LogP contribution in [0.3, 0.4) is 0 Å². The molecule has 1 amide bonds. The summed E-state index contributed by atoms with van der Waals surface area (Å²) in [6.45, 7) is 6.78. The number of rotatable bonds is 6. The maximum Gasteiger partial charge on any atom is 0.312 e. The fourth-order valence-electron chi connectivity index (χ4n) is 4.53. The molecule has 0 aliphatic carbocycles. The van der Waals surface area contributed by atoms with Gasteiger partial charge in [-0.2, -0.15) is 0 Å². The topological polar surface area (TPSA) is 65.1 Å². The Bertz CT molecular complexity index is 802. The molecule has 0 aromatic heterocycles. The zero-order chi connectivity index (χ0) is 20.1. The van der Waals surface area contributed by atoms with Gasteiger partial charge in [0, 0.05) is 0 Å². The monoisotopic (exact) mass is 385 g/mol. The van der Waals surface area contributed by atoms with E-state index in [4.69, 9.17) is 14.2 Å². The van der Waals surface area contributed by atoms with Gasteiger partial charge in [0.25, 0.3) is 0 Å². The predicted octanol–water partition coefficient (Wildman–Crippen LogP) is 2.74. The summed E-state index contributed by atoms with van der Waals surface area (Å²) in [5, 5.41) is 0. The van der Waals surface area contributed by atoms with Gasteiger partial charge in [0.1, 0.15) is 17.3 Å². The third kappa shape index (κ3) is 2.91. The lowest BCUT2D eigenvalue weighted by Crippen LogP contribution is -2.40. The Balaban J connectivity index is 1.56. The molecule has 0 saturated carbocycles. The molecule has 2 bridgehead atoms. The number of methoxy groups -OCH3 is 1. The summed E-state index contributed by atoms with van der Waals surface area (Å²) in [4.78, 5) is 27.9. The van der Waals surface area contributed by atoms with Gasteiger partial charge in [-0.1, -0.05) is 38.1 Å². The summed E-state index contributed by atoms with van der Waals surface area (Å²) in [7, 11) is 1.63. The van der Waals surface area contributed by atoms with E-state index in [-0.39, 0.29) is 29.9 Å². The van der Waals surface area contributed by atoms with E-state index in [0.29, 0.717) is 13.2 Å². The molecular formula is C22H27NO5. The fraction of sp³-hybridized carbons (Fsp3) is 0.545. The first-order chi connectivity index (χ1) is 13.4. The summed E-state index contributed by atoms with van der Waals surface area (Å²) in [6, 6.07) is 7.58. The number of carbonyl (C=O) groups excluding carboxylic acids is 2. The van der Waals surface area contributed by atoms with Crippen molar-refractivity contribution in [3.63, 3.8) is 0 Å². The van der Waals surface area contributed by atoms with Crippen LogP contribution in [0.4, 0.5) is 0 Å². The second-order valence-electron chi connectivity index (χ2n) is 8.34. The van der Waals surface area contributed by atoms with Crippen molar-refractivity contribution in [2.24, 2.45) is 17.8 Å². The molecule has 150 valence electrons. The molecule has 3 aliphatic rings. The predicted molar refractivity (Wildman–Crippen MR) is 103 cm³/mol. The van der Waals surface area contributed by atoms with E-state index < -0.39 is 17.4 Å². The first-order valence-corrected chi connectivity index (χ1v) is 9.84. The number of fused-ring (bicyclic) bond motifs is 1. The Hall–Kier alpha value is -2.34. The number of esters is 1. The second-order valence-corrected chi connectivity index (χ2v) is 8.34. The molecule has 0 N–H and O–H groups in total. The Morgan fingerprint density at radius 1 is 1.29 bits per heavy atom. The molecule has 1 spiro atoms. The van der Waals surface area contributed by atoms with Gasteiger partial charge in [-0.3, -0.25) is 9.59 Å². The number of benzene rings is 1. The number of nitrogens with zero attached hydrogens (tertiary/aromatic N) is 1. The first-order valence-electron chi connectivity index (χ1n) is 9.84. The Labute approximate surface area is 165 Å². The number of amides is 1. The van der Waals surface area contributed by atoms with E-state index in [2.05, 4.69) is 0 Å². The van der Waals surface area contributed by atoms with Gasteiger partial charge < -0.3 is 19.1 Å². The zero-order valence-electron chi connectivity index (χ0n) is 16.8. The van der Waals surface area contributed by atoms with Crippen molar-refractivity contribution in [2.75, 3.05) is 20.3 Å². The van der Waals surface area contributed by atoms with E-state index in [1.807, 2.05) is 62.1 Å². The summed E-state index contributed by atoms with van der Waals surface area (Å²) in [5.74, 6) is -0.424. The lowest BCUT2D eigenvalue weighted by atomic mass is 9.77. The normalized spacial score (nSPS) is 31.4. The third-order valence-electron chi connectivity index (χ3n) is 6.03. The zero-order valence-corrected chi connectivity index (χ0v) is 16.8.